The summed E-state index contributed by atoms with van der Waals surface area (Å²) in [7, 11) is 0. The summed E-state index contributed by atoms with van der Waals surface area (Å²) in [5, 5.41) is 26.4. The number of hydrogen-bond donors (Lipinski definition) is 1. The summed E-state index contributed by atoms with van der Waals surface area (Å²) in [4.78, 5) is 23.2. The molecular formula is C20H18ClN7O4. The van der Waals surface area contributed by atoms with Crippen LogP contribution in [0, 0.1) is 24.0 Å². The lowest BCUT2D eigenvalue weighted by Crippen LogP contribution is -2.17. The van der Waals surface area contributed by atoms with Gasteiger partial charge in [0.05, 0.1) is 35.5 Å². The summed E-state index contributed by atoms with van der Waals surface area (Å²) in [5.41, 5.74) is 2.00. The fraction of sp³-hybridized carbons (Fsp3) is 0.200. The van der Waals surface area contributed by atoms with Gasteiger partial charge in [0, 0.05) is 17.3 Å². The molecule has 0 bridgehead atoms. The first-order chi connectivity index (χ1) is 15.3. The maximum atomic E-state index is 12.8. The van der Waals surface area contributed by atoms with Crippen LogP contribution in [0.2, 0.25) is 5.02 Å². The van der Waals surface area contributed by atoms with Gasteiger partial charge in [-0.05, 0) is 30.4 Å². The van der Waals surface area contributed by atoms with E-state index < -0.39 is 10.8 Å². The van der Waals surface area contributed by atoms with E-state index in [1.807, 2.05) is 18.2 Å². The molecule has 0 aliphatic rings. The Kier molecular flexibility index (Phi) is 5.73. The number of nitrogens with zero attached hydrogens (tertiary/aromatic N) is 6. The van der Waals surface area contributed by atoms with E-state index >= 15 is 0 Å². The average Bonchev–Trinajstić information content (AvgIpc) is 3.44. The van der Waals surface area contributed by atoms with E-state index in [0.29, 0.717) is 34.4 Å². The van der Waals surface area contributed by atoms with Crippen LogP contribution in [0.3, 0.4) is 0 Å². The number of nitrogens with one attached hydrogen (secondary N) is 1. The van der Waals surface area contributed by atoms with Gasteiger partial charge in [-0.15, -0.1) is 0 Å². The molecule has 3 aromatic heterocycles. The number of aromatic nitrogens is 5. The van der Waals surface area contributed by atoms with Crippen LogP contribution in [0.4, 0.5) is 11.6 Å². The Morgan fingerprint density at radius 2 is 2.00 bits per heavy atom. The number of anilines is 1. The number of carbonyl (C=O) groups excluding carboxylic acids is 1. The minimum Gasteiger partial charge on any atom is -0.361 e. The Hall–Kier alpha value is -3.99. The van der Waals surface area contributed by atoms with Gasteiger partial charge < -0.3 is 20.0 Å². The van der Waals surface area contributed by atoms with Gasteiger partial charge in [0.25, 0.3) is 5.91 Å². The van der Waals surface area contributed by atoms with E-state index in [2.05, 4.69) is 20.7 Å². The molecule has 32 heavy (non-hydrogen) atoms. The first-order valence-electron chi connectivity index (χ1n) is 9.54. The molecule has 4 aromatic rings. The molecule has 1 N–H and O–H groups in total. The zero-order valence-corrected chi connectivity index (χ0v) is 17.9. The van der Waals surface area contributed by atoms with Gasteiger partial charge in [-0.2, -0.15) is 9.78 Å². The third-order valence-corrected chi connectivity index (χ3v) is 5.20. The molecule has 164 valence electrons. The molecule has 1 amide bonds. The van der Waals surface area contributed by atoms with Crippen LogP contribution in [0.1, 0.15) is 33.1 Å². The SMILES string of the molecule is Cc1onc(C(=O)Nc2ccn(Cc3ccccc3Cl)n2)c1Cn1nc([N+](=O)[O-])cc1C. The summed E-state index contributed by atoms with van der Waals surface area (Å²) < 4.78 is 8.27. The molecule has 11 nitrogen and oxygen atoms in total. The highest BCUT2D eigenvalue weighted by molar-refractivity contribution is 6.31. The van der Waals surface area contributed by atoms with Crippen molar-refractivity contribution in [3.8, 4) is 0 Å². The molecule has 0 aliphatic heterocycles. The van der Waals surface area contributed by atoms with E-state index in [4.69, 9.17) is 16.1 Å². The van der Waals surface area contributed by atoms with Crippen molar-refractivity contribution >= 4 is 29.1 Å². The number of halogens is 1. The second-order valence-corrected chi connectivity index (χ2v) is 7.48. The summed E-state index contributed by atoms with van der Waals surface area (Å²) in [5.74, 6) is -0.0395. The number of benzene rings is 1. The fourth-order valence-electron chi connectivity index (χ4n) is 3.14. The first kappa shape index (κ1) is 21.2. The molecule has 4 rings (SSSR count). The van der Waals surface area contributed by atoms with Crippen LogP contribution in [-0.2, 0) is 13.1 Å². The summed E-state index contributed by atoms with van der Waals surface area (Å²) in [6.45, 7) is 3.89. The summed E-state index contributed by atoms with van der Waals surface area (Å²) in [6, 6.07) is 10.4. The highest BCUT2D eigenvalue weighted by Crippen LogP contribution is 2.20. The Morgan fingerprint density at radius 3 is 2.72 bits per heavy atom. The molecule has 0 unspecified atom stereocenters. The Labute approximate surface area is 186 Å². The number of carbonyl (C=O) groups is 1. The van der Waals surface area contributed by atoms with Crippen molar-refractivity contribution in [2.24, 2.45) is 0 Å². The van der Waals surface area contributed by atoms with E-state index in [0.717, 1.165) is 5.56 Å². The molecule has 1 aromatic carbocycles. The Morgan fingerprint density at radius 1 is 1.22 bits per heavy atom. The zero-order chi connectivity index (χ0) is 22.8. The standard InChI is InChI=1S/C20H18ClN7O4/c1-12-9-18(28(30)31)24-27(12)11-15-13(2)32-25-19(15)20(29)22-17-7-8-26(23-17)10-14-5-3-4-6-16(14)21/h3-9H,10-11H2,1-2H3,(H,22,23,29). The predicted molar refractivity (Wildman–Crippen MR) is 115 cm³/mol. The smallest absolute Gasteiger partial charge is 0.361 e. The first-order valence-corrected chi connectivity index (χ1v) is 9.92. The van der Waals surface area contributed by atoms with E-state index in [9.17, 15) is 14.9 Å². The quantitative estimate of drug-likeness (QED) is 0.332. The Bertz CT molecular complexity index is 1310. The largest absolute Gasteiger partial charge is 0.390 e. The van der Waals surface area contributed by atoms with E-state index in [1.54, 1.807) is 36.9 Å². The summed E-state index contributed by atoms with van der Waals surface area (Å²) in [6.07, 6.45) is 1.72. The van der Waals surface area contributed by atoms with Gasteiger partial charge in [0.2, 0.25) is 0 Å². The minimum atomic E-state index is -0.573. The number of nitro groups is 1. The second-order valence-electron chi connectivity index (χ2n) is 7.07. The summed E-state index contributed by atoms with van der Waals surface area (Å²) >= 11 is 6.19. The lowest BCUT2D eigenvalue weighted by atomic mass is 10.2. The molecule has 12 heteroatoms. The van der Waals surface area contributed by atoms with Crippen molar-refractivity contribution in [2.45, 2.75) is 26.9 Å². The molecule has 0 fully saturated rings. The molecule has 0 saturated heterocycles. The minimum absolute atomic E-state index is 0.0562. The van der Waals surface area contributed by atoms with Crippen molar-refractivity contribution in [1.29, 1.82) is 0 Å². The van der Waals surface area contributed by atoms with Crippen molar-refractivity contribution in [3.05, 3.63) is 86.0 Å². The fourth-order valence-corrected chi connectivity index (χ4v) is 3.34. The number of aryl methyl sites for hydroxylation is 2. The highest BCUT2D eigenvalue weighted by Gasteiger charge is 2.24. The third kappa shape index (κ3) is 4.37. The van der Waals surface area contributed by atoms with Gasteiger partial charge in [-0.25, -0.2) is 0 Å². The van der Waals surface area contributed by atoms with Gasteiger partial charge in [0.1, 0.15) is 5.76 Å². The van der Waals surface area contributed by atoms with Crippen molar-refractivity contribution < 1.29 is 14.2 Å². The molecular weight excluding hydrogens is 438 g/mol. The predicted octanol–water partition coefficient (Wildman–Crippen LogP) is 3.59. The second kappa shape index (κ2) is 8.63. The van der Waals surface area contributed by atoms with Crippen LogP contribution in [-0.4, -0.2) is 35.5 Å². The maximum absolute atomic E-state index is 12.8. The molecule has 0 aliphatic carbocycles. The van der Waals surface area contributed by atoms with E-state index in [1.165, 1.54) is 10.7 Å². The van der Waals surface area contributed by atoms with Gasteiger partial charge in [-0.1, -0.05) is 35.0 Å². The van der Waals surface area contributed by atoms with Gasteiger partial charge in [0.15, 0.2) is 11.5 Å². The normalized spacial score (nSPS) is 11.0. The number of hydrogen-bond acceptors (Lipinski definition) is 7. The highest BCUT2D eigenvalue weighted by atomic mass is 35.5. The molecule has 3 heterocycles. The number of rotatable bonds is 7. The van der Waals surface area contributed by atoms with Crippen molar-refractivity contribution in [2.75, 3.05) is 5.32 Å². The molecule has 0 radical (unpaired) electrons. The monoisotopic (exact) mass is 455 g/mol. The van der Waals surface area contributed by atoms with Crippen LogP contribution in [0.15, 0.2) is 47.1 Å². The molecule has 0 saturated carbocycles. The van der Waals surface area contributed by atoms with Crippen LogP contribution in [0.25, 0.3) is 0 Å². The van der Waals surface area contributed by atoms with Crippen LogP contribution >= 0.6 is 11.6 Å². The maximum Gasteiger partial charge on any atom is 0.390 e. The van der Waals surface area contributed by atoms with Gasteiger partial charge >= 0.3 is 5.82 Å². The topological polar surface area (TPSA) is 134 Å². The zero-order valence-electron chi connectivity index (χ0n) is 17.1. The van der Waals surface area contributed by atoms with Crippen LogP contribution < -0.4 is 5.32 Å². The average molecular weight is 456 g/mol. The van der Waals surface area contributed by atoms with Gasteiger partial charge in [-0.3, -0.25) is 9.48 Å². The molecule has 0 spiro atoms. The van der Waals surface area contributed by atoms with Crippen molar-refractivity contribution in [3.63, 3.8) is 0 Å². The van der Waals surface area contributed by atoms with Crippen molar-refractivity contribution in [1.82, 2.24) is 24.7 Å². The number of amides is 1. The van der Waals surface area contributed by atoms with Crippen LogP contribution in [0.5, 0.6) is 0 Å². The lowest BCUT2D eigenvalue weighted by Gasteiger charge is -2.05. The van der Waals surface area contributed by atoms with E-state index in [-0.39, 0.29) is 18.1 Å². The Balaban J connectivity index is 1.50. The third-order valence-electron chi connectivity index (χ3n) is 4.84. The molecule has 0 atom stereocenters. The lowest BCUT2D eigenvalue weighted by molar-refractivity contribution is -0.389.